The summed E-state index contributed by atoms with van der Waals surface area (Å²) in [4.78, 5) is 1.24. The number of nitrogens with two attached hydrogens (primary N) is 1. The summed E-state index contributed by atoms with van der Waals surface area (Å²) in [6.07, 6.45) is 8.80. The molecular formula is C16H21N3S. The average Bonchev–Trinajstić information content (AvgIpc) is 2.97. The molecular weight excluding hydrogens is 266 g/mol. The van der Waals surface area contributed by atoms with Crippen LogP contribution in [-0.4, -0.2) is 9.78 Å². The number of hydrogen-bond donors (Lipinski definition) is 1. The lowest BCUT2D eigenvalue weighted by Gasteiger charge is -2.21. The molecule has 0 spiro atoms. The third-order valence-electron chi connectivity index (χ3n) is 3.88. The van der Waals surface area contributed by atoms with Crippen LogP contribution in [0.25, 0.3) is 0 Å². The van der Waals surface area contributed by atoms with Crippen LogP contribution >= 0.6 is 11.8 Å². The van der Waals surface area contributed by atoms with Crippen LogP contribution in [0.5, 0.6) is 0 Å². The van der Waals surface area contributed by atoms with Crippen molar-refractivity contribution in [2.75, 3.05) is 5.73 Å². The van der Waals surface area contributed by atoms with Gasteiger partial charge < -0.3 is 5.73 Å². The van der Waals surface area contributed by atoms with E-state index in [9.17, 15) is 0 Å². The lowest BCUT2D eigenvalue weighted by Crippen LogP contribution is -2.13. The summed E-state index contributed by atoms with van der Waals surface area (Å²) in [5, 5.41) is 4.74. The molecule has 3 rings (SSSR count). The van der Waals surface area contributed by atoms with E-state index in [1.165, 1.54) is 37.0 Å². The quantitative estimate of drug-likeness (QED) is 0.675. The predicted octanol–water partition coefficient (Wildman–Crippen LogP) is 4.26. The third-order valence-corrected chi connectivity index (χ3v) is 4.92. The molecule has 2 aromatic rings. The van der Waals surface area contributed by atoms with Crippen LogP contribution < -0.4 is 5.73 Å². The Morgan fingerprint density at radius 1 is 1.10 bits per heavy atom. The number of hydrogen-bond acceptors (Lipinski definition) is 3. The lowest BCUT2D eigenvalue weighted by atomic mass is 9.96. The standard InChI is InChI=1S/C16H21N3S/c17-13-6-8-16(9-7-13)20-12-14-10-11-19(18-14)15-4-2-1-3-5-15/h6-11,15H,1-5,12,17H2. The Labute approximate surface area is 124 Å². The summed E-state index contributed by atoms with van der Waals surface area (Å²) < 4.78 is 2.18. The van der Waals surface area contributed by atoms with Gasteiger partial charge in [-0.1, -0.05) is 19.3 Å². The average molecular weight is 287 g/mol. The van der Waals surface area contributed by atoms with Gasteiger partial charge in [-0.2, -0.15) is 5.10 Å². The van der Waals surface area contributed by atoms with E-state index in [1.54, 1.807) is 0 Å². The number of nitrogen functional groups attached to an aromatic ring is 1. The summed E-state index contributed by atoms with van der Waals surface area (Å²) in [6, 6.07) is 10.8. The smallest absolute Gasteiger partial charge is 0.0727 e. The van der Waals surface area contributed by atoms with Crippen molar-refractivity contribution in [3.8, 4) is 0 Å². The fourth-order valence-electron chi connectivity index (χ4n) is 2.72. The molecule has 20 heavy (non-hydrogen) atoms. The Balaban J connectivity index is 1.58. The fraction of sp³-hybridized carbons (Fsp3) is 0.438. The Morgan fingerprint density at radius 3 is 2.60 bits per heavy atom. The van der Waals surface area contributed by atoms with Crippen molar-refractivity contribution >= 4 is 17.4 Å². The minimum absolute atomic E-state index is 0.624. The topological polar surface area (TPSA) is 43.8 Å². The maximum absolute atomic E-state index is 5.69. The first kappa shape index (κ1) is 13.6. The van der Waals surface area contributed by atoms with Crippen molar-refractivity contribution in [1.29, 1.82) is 0 Å². The van der Waals surface area contributed by atoms with E-state index >= 15 is 0 Å². The van der Waals surface area contributed by atoms with E-state index in [-0.39, 0.29) is 0 Å². The molecule has 1 saturated carbocycles. The van der Waals surface area contributed by atoms with Gasteiger partial charge in [0.05, 0.1) is 11.7 Å². The van der Waals surface area contributed by atoms with Crippen LogP contribution in [0.2, 0.25) is 0 Å². The monoisotopic (exact) mass is 287 g/mol. The number of rotatable bonds is 4. The van der Waals surface area contributed by atoms with Crippen molar-refractivity contribution in [3.63, 3.8) is 0 Å². The van der Waals surface area contributed by atoms with Gasteiger partial charge in [-0.3, -0.25) is 4.68 Å². The summed E-state index contributed by atoms with van der Waals surface area (Å²) >= 11 is 1.81. The molecule has 0 saturated heterocycles. The van der Waals surface area contributed by atoms with Gasteiger partial charge in [0.25, 0.3) is 0 Å². The number of anilines is 1. The zero-order chi connectivity index (χ0) is 13.8. The van der Waals surface area contributed by atoms with E-state index < -0.39 is 0 Å². The van der Waals surface area contributed by atoms with Gasteiger partial charge in [-0.05, 0) is 43.2 Å². The molecule has 1 fully saturated rings. The molecule has 0 radical (unpaired) electrons. The van der Waals surface area contributed by atoms with Crippen LogP contribution in [0.4, 0.5) is 5.69 Å². The molecule has 1 aromatic heterocycles. The number of nitrogens with zero attached hydrogens (tertiary/aromatic N) is 2. The van der Waals surface area contributed by atoms with Crippen molar-refractivity contribution in [2.24, 2.45) is 0 Å². The molecule has 0 atom stereocenters. The van der Waals surface area contributed by atoms with E-state index in [1.807, 2.05) is 23.9 Å². The van der Waals surface area contributed by atoms with Crippen LogP contribution in [0, 0.1) is 0 Å². The Bertz CT molecular complexity index is 541. The number of aromatic nitrogens is 2. The number of thioether (sulfide) groups is 1. The highest BCUT2D eigenvalue weighted by Gasteiger charge is 2.15. The molecule has 4 heteroatoms. The van der Waals surface area contributed by atoms with Crippen LogP contribution in [0.3, 0.4) is 0 Å². The summed E-state index contributed by atoms with van der Waals surface area (Å²) in [5.41, 5.74) is 7.67. The Kier molecular flexibility index (Phi) is 4.31. The van der Waals surface area contributed by atoms with Gasteiger partial charge in [0.1, 0.15) is 0 Å². The second-order valence-corrected chi connectivity index (χ2v) is 6.49. The first-order valence-corrected chi connectivity index (χ1v) is 8.32. The maximum atomic E-state index is 5.69. The van der Waals surface area contributed by atoms with E-state index in [4.69, 9.17) is 10.8 Å². The van der Waals surface area contributed by atoms with Crippen molar-refractivity contribution in [3.05, 3.63) is 42.2 Å². The highest BCUT2D eigenvalue weighted by molar-refractivity contribution is 7.98. The number of benzene rings is 1. The fourth-order valence-corrected chi connectivity index (χ4v) is 3.52. The first-order chi connectivity index (χ1) is 9.81. The van der Waals surface area contributed by atoms with Gasteiger partial charge in [0, 0.05) is 22.5 Å². The Hall–Kier alpha value is -1.42. The molecule has 2 N–H and O–H groups in total. The molecule has 3 nitrogen and oxygen atoms in total. The molecule has 0 amide bonds. The summed E-state index contributed by atoms with van der Waals surface area (Å²) in [5.74, 6) is 0.920. The molecule has 106 valence electrons. The largest absolute Gasteiger partial charge is 0.399 e. The van der Waals surface area contributed by atoms with Crippen LogP contribution in [0.15, 0.2) is 41.4 Å². The molecule has 1 aliphatic carbocycles. The van der Waals surface area contributed by atoms with Crippen LogP contribution in [0.1, 0.15) is 43.8 Å². The normalized spacial score (nSPS) is 16.4. The van der Waals surface area contributed by atoms with E-state index in [2.05, 4.69) is 29.1 Å². The predicted molar refractivity (Wildman–Crippen MR) is 84.8 cm³/mol. The zero-order valence-corrected chi connectivity index (χ0v) is 12.5. The van der Waals surface area contributed by atoms with Gasteiger partial charge >= 0.3 is 0 Å². The third kappa shape index (κ3) is 3.37. The maximum Gasteiger partial charge on any atom is 0.0727 e. The second-order valence-electron chi connectivity index (χ2n) is 5.44. The van der Waals surface area contributed by atoms with Gasteiger partial charge in [0.15, 0.2) is 0 Å². The van der Waals surface area contributed by atoms with Gasteiger partial charge in [0.2, 0.25) is 0 Å². The highest BCUT2D eigenvalue weighted by Crippen LogP contribution is 2.28. The molecule has 1 heterocycles. The minimum Gasteiger partial charge on any atom is -0.399 e. The van der Waals surface area contributed by atoms with Crippen LogP contribution in [-0.2, 0) is 5.75 Å². The zero-order valence-electron chi connectivity index (χ0n) is 11.7. The molecule has 0 unspecified atom stereocenters. The van der Waals surface area contributed by atoms with Crippen molar-refractivity contribution in [1.82, 2.24) is 9.78 Å². The summed E-state index contributed by atoms with van der Waals surface area (Å²) in [6.45, 7) is 0. The van der Waals surface area contributed by atoms with Gasteiger partial charge in [-0.15, -0.1) is 11.8 Å². The van der Waals surface area contributed by atoms with Gasteiger partial charge in [-0.25, -0.2) is 0 Å². The van der Waals surface area contributed by atoms with Crippen molar-refractivity contribution in [2.45, 2.75) is 48.8 Å². The van der Waals surface area contributed by atoms with E-state index in [0.717, 1.165) is 17.1 Å². The van der Waals surface area contributed by atoms with Crippen molar-refractivity contribution < 1.29 is 0 Å². The van der Waals surface area contributed by atoms with E-state index in [0.29, 0.717) is 6.04 Å². The molecule has 1 aromatic carbocycles. The molecule has 1 aliphatic rings. The highest BCUT2D eigenvalue weighted by atomic mass is 32.2. The second kappa shape index (κ2) is 6.35. The lowest BCUT2D eigenvalue weighted by molar-refractivity contribution is 0.328. The SMILES string of the molecule is Nc1ccc(SCc2ccn(C3CCCCC3)n2)cc1. The first-order valence-electron chi connectivity index (χ1n) is 7.33. The Morgan fingerprint density at radius 2 is 1.85 bits per heavy atom. The summed E-state index contributed by atoms with van der Waals surface area (Å²) in [7, 11) is 0. The molecule has 0 aliphatic heterocycles. The minimum atomic E-state index is 0.624. The molecule has 0 bridgehead atoms.